The van der Waals surface area contributed by atoms with Crippen molar-refractivity contribution in [3.05, 3.63) is 29.6 Å². The highest BCUT2D eigenvalue weighted by atomic mass is 35.7. The molecule has 72 valence electrons. The van der Waals surface area contributed by atoms with Crippen molar-refractivity contribution in [1.29, 1.82) is 0 Å². The Balaban J connectivity index is 2.71. The first kappa shape index (κ1) is 10.5. The summed E-state index contributed by atoms with van der Waals surface area (Å²) in [6.45, 7) is 1.84. The topological polar surface area (TPSA) is 47.0 Å². The van der Waals surface area contributed by atoms with E-state index >= 15 is 0 Å². The maximum atomic E-state index is 10.7. The smallest absolute Gasteiger partial charge is 0.232 e. The number of rotatable bonds is 3. The molecule has 0 saturated heterocycles. The second-order valence-corrected chi connectivity index (χ2v) is 5.64. The molecule has 1 rings (SSSR count). The molecule has 0 aromatic carbocycles. The molecule has 0 bridgehead atoms. The minimum atomic E-state index is -3.39. The van der Waals surface area contributed by atoms with E-state index in [0.29, 0.717) is 6.42 Å². The molecule has 0 aliphatic heterocycles. The number of aryl methyl sites for hydroxylation is 2. The van der Waals surface area contributed by atoms with Crippen LogP contribution in [0.25, 0.3) is 0 Å². The van der Waals surface area contributed by atoms with Gasteiger partial charge in [0.15, 0.2) is 0 Å². The fraction of sp³-hybridized carbons (Fsp3) is 0.375. The summed E-state index contributed by atoms with van der Waals surface area (Å²) in [6, 6.07) is 3.63. The zero-order chi connectivity index (χ0) is 9.90. The molecule has 13 heavy (non-hydrogen) atoms. The summed E-state index contributed by atoms with van der Waals surface area (Å²) in [5, 5.41) is 0. The van der Waals surface area contributed by atoms with Crippen molar-refractivity contribution in [2.45, 2.75) is 13.3 Å². The highest BCUT2D eigenvalue weighted by Gasteiger charge is 2.06. The van der Waals surface area contributed by atoms with Gasteiger partial charge in [0.1, 0.15) is 0 Å². The lowest BCUT2D eigenvalue weighted by Crippen LogP contribution is -2.03. The largest absolute Gasteiger partial charge is 0.261 e. The second-order valence-electron chi connectivity index (χ2n) is 2.74. The van der Waals surface area contributed by atoms with E-state index in [0.717, 1.165) is 11.3 Å². The maximum absolute atomic E-state index is 10.7. The van der Waals surface area contributed by atoms with Gasteiger partial charge in [-0.1, -0.05) is 6.07 Å². The van der Waals surface area contributed by atoms with Crippen LogP contribution in [0.1, 0.15) is 11.3 Å². The summed E-state index contributed by atoms with van der Waals surface area (Å²) >= 11 is 0. The van der Waals surface area contributed by atoms with Crippen LogP contribution in [-0.2, 0) is 15.5 Å². The number of nitrogens with zero attached hydrogens (tertiary/aromatic N) is 1. The van der Waals surface area contributed by atoms with Crippen LogP contribution in [0.2, 0.25) is 0 Å². The highest BCUT2D eigenvalue weighted by Crippen LogP contribution is 2.07. The van der Waals surface area contributed by atoms with Gasteiger partial charge in [0.05, 0.1) is 5.75 Å². The lowest BCUT2D eigenvalue weighted by atomic mass is 10.1. The van der Waals surface area contributed by atoms with Crippen LogP contribution in [-0.4, -0.2) is 19.2 Å². The molecule has 0 fully saturated rings. The van der Waals surface area contributed by atoms with E-state index in [1.165, 1.54) is 0 Å². The zero-order valence-electron chi connectivity index (χ0n) is 7.20. The summed E-state index contributed by atoms with van der Waals surface area (Å²) < 4.78 is 21.3. The van der Waals surface area contributed by atoms with Crippen molar-refractivity contribution in [3.8, 4) is 0 Å². The zero-order valence-corrected chi connectivity index (χ0v) is 8.77. The van der Waals surface area contributed by atoms with Gasteiger partial charge in [-0.3, -0.25) is 4.98 Å². The Morgan fingerprint density at radius 1 is 1.54 bits per heavy atom. The predicted octanol–water partition coefficient (Wildman–Crippen LogP) is 1.50. The van der Waals surface area contributed by atoms with Gasteiger partial charge in [0, 0.05) is 22.6 Å². The van der Waals surface area contributed by atoms with Crippen molar-refractivity contribution in [3.63, 3.8) is 0 Å². The van der Waals surface area contributed by atoms with Crippen molar-refractivity contribution >= 4 is 19.7 Å². The molecule has 0 unspecified atom stereocenters. The third-order valence-corrected chi connectivity index (χ3v) is 2.89. The van der Waals surface area contributed by atoms with Crippen molar-refractivity contribution < 1.29 is 8.42 Å². The molecule has 0 radical (unpaired) electrons. The lowest BCUT2D eigenvalue weighted by Gasteiger charge is -2.01. The average molecular weight is 220 g/mol. The standard InChI is InChI=1S/C8H10ClNO2S/c1-7-8(3-2-5-10-7)4-6-13(9,11)12/h2-3,5H,4,6H2,1H3. The molecular weight excluding hydrogens is 210 g/mol. The van der Waals surface area contributed by atoms with Gasteiger partial charge in [-0.2, -0.15) is 0 Å². The molecule has 0 atom stereocenters. The van der Waals surface area contributed by atoms with Gasteiger partial charge in [0.2, 0.25) is 9.05 Å². The van der Waals surface area contributed by atoms with Gasteiger partial charge >= 0.3 is 0 Å². The molecule has 1 heterocycles. The maximum Gasteiger partial charge on any atom is 0.232 e. The van der Waals surface area contributed by atoms with E-state index in [1.807, 2.05) is 13.0 Å². The molecule has 1 aromatic rings. The minimum absolute atomic E-state index is 0.0406. The van der Waals surface area contributed by atoms with Crippen LogP contribution in [0.3, 0.4) is 0 Å². The third-order valence-electron chi connectivity index (χ3n) is 1.73. The fourth-order valence-corrected chi connectivity index (χ4v) is 1.71. The first-order chi connectivity index (χ1) is 5.99. The van der Waals surface area contributed by atoms with Crippen LogP contribution < -0.4 is 0 Å². The van der Waals surface area contributed by atoms with E-state index < -0.39 is 9.05 Å². The second kappa shape index (κ2) is 4.07. The Bertz CT molecular complexity index is 389. The SMILES string of the molecule is Cc1ncccc1CCS(=O)(=O)Cl. The quantitative estimate of drug-likeness (QED) is 0.724. The van der Waals surface area contributed by atoms with E-state index in [4.69, 9.17) is 10.7 Å². The van der Waals surface area contributed by atoms with Crippen LogP contribution in [0.5, 0.6) is 0 Å². The van der Waals surface area contributed by atoms with E-state index in [2.05, 4.69) is 4.98 Å². The summed E-state index contributed by atoms with van der Waals surface area (Å²) in [5.41, 5.74) is 1.77. The molecule has 0 amide bonds. The average Bonchev–Trinajstić information content (AvgIpc) is 2.01. The molecule has 3 nitrogen and oxygen atoms in total. The monoisotopic (exact) mass is 219 g/mol. The normalized spacial score (nSPS) is 11.5. The van der Waals surface area contributed by atoms with E-state index in [9.17, 15) is 8.42 Å². The Hall–Kier alpha value is -0.610. The van der Waals surface area contributed by atoms with E-state index in [1.54, 1.807) is 12.3 Å². The Morgan fingerprint density at radius 2 is 2.23 bits per heavy atom. The predicted molar refractivity (Wildman–Crippen MR) is 52.3 cm³/mol. The van der Waals surface area contributed by atoms with Crippen molar-refractivity contribution in [1.82, 2.24) is 4.98 Å². The third kappa shape index (κ3) is 3.74. The van der Waals surface area contributed by atoms with Crippen LogP contribution >= 0.6 is 10.7 Å². The molecule has 0 spiro atoms. The first-order valence-corrected chi connectivity index (χ1v) is 6.30. The number of aromatic nitrogens is 1. The Kier molecular flexibility index (Phi) is 3.27. The molecule has 0 N–H and O–H groups in total. The molecule has 5 heteroatoms. The van der Waals surface area contributed by atoms with Crippen LogP contribution in [0, 0.1) is 6.92 Å². The van der Waals surface area contributed by atoms with Crippen LogP contribution in [0.4, 0.5) is 0 Å². The van der Waals surface area contributed by atoms with E-state index in [-0.39, 0.29) is 5.75 Å². The number of hydrogen-bond donors (Lipinski definition) is 0. The summed E-state index contributed by atoms with van der Waals surface area (Å²) in [4.78, 5) is 4.04. The number of pyridine rings is 1. The molecular formula is C8H10ClNO2S. The van der Waals surface area contributed by atoms with Gasteiger partial charge in [-0.05, 0) is 25.0 Å². The van der Waals surface area contributed by atoms with Crippen molar-refractivity contribution in [2.75, 3.05) is 5.75 Å². The van der Waals surface area contributed by atoms with Crippen LogP contribution in [0.15, 0.2) is 18.3 Å². The first-order valence-electron chi connectivity index (χ1n) is 3.82. The number of halogens is 1. The van der Waals surface area contributed by atoms with Crippen molar-refractivity contribution in [2.24, 2.45) is 0 Å². The molecule has 0 aliphatic carbocycles. The minimum Gasteiger partial charge on any atom is -0.261 e. The lowest BCUT2D eigenvalue weighted by molar-refractivity contribution is 0.608. The van der Waals surface area contributed by atoms with Gasteiger partial charge in [-0.15, -0.1) is 0 Å². The van der Waals surface area contributed by atoms with Gasteiger partial charge < -0.3 is 0 Å². The van der Waals surface area contributed by atoms with Gasteiger partial charge in [0.25, 0.3) is 0 Å². The number of hydrogen-bond acceptors (Lipinski definition) is 3. The Labute approximate surface area is 82.2 Å². The summed E-state index contributed by atoms with van der Waals surface area (Å²) in [5.74, 6) is -0.0406. The van der Waals surface area contributed by atoms with Gasteiger partial charge in [-0.25, -0.2) is 8.42 Å². The molecule has 0 aliphatic rings. The summed E-state index contributed by atoms with van der Waals surface area (Å²) in [7, 11) is 1.69. The molecule has 1 aromatic heterocycles. The summed E-state index contributed by atoms with van der Waals surface area (Å²) in [6.07, 6.45) is 2.10. The highest BCUT2D eigenvalue weighted by molar-refractivity contribution is 8.13. The fourth-order valence-electron chi connectivity index (χ4n) is 1.01. The molecule has 0 saturated carbocycles. The Morgan fingerprint density at radius 3 is 2.77 bits per heavy atom.